The predicted octanol–water partition coefficient (Wildman–Crippen LogP) is 1.34. The van der Waals surface area contributed by atoms with Crippen LogP contribution in [0.2, 0.25) is 0 Å². The lowest BCUT2D eigenvalue weighted by molar-refractivity contribution is 0.886. The van der Waals surface area contributed by atoms with Gasteiger partial charge in [0.2, 0.25) is 5.95 Å². The summed E-state index contributed by atoms with van der Waals surface area (Å²) in [6.45, 7) is 2.65. The summed E-state index contributed by atoms with van der Waals surface area (Å²) >= 11 is 1.63. The van der Waals surface area contributed by atoms with Crippen LogP contribution in [-0.2, 0) is 6.54 Å². The van der Waals surface area contributed by atoms with E-state index in [1.807, 2.05) is 24.3 Å². The average Bonchev–Trinajstić information content (AvgIpc) is 2.96. The first-order valence-corrected chi connectivity index (χ1v) is 6.60. The number of aromatic amines is 1. The zero-order valence-electron chi connectivity index (χ0n) is 10.6. The van der Waals surface area contributed by atoms with Gasteiger partial charge in [0.05, 0.1) is 12.9 Å². The molecule has 98 valence electrons. The van der Waals surface area contributed by atoms with E-state index in [1.165, 1.54) is 0 Å². The van der Waals surface area contributed by atoms with Crippen LogP contribution in [0.1, 0.15) is 10.7 Å². The van der Waals surface area contributed by atoms with E-state index in [0.29, 0.717) is 12.2 Å². The Morgan fingerprint density at radius 2 is 2.21 bits per heavy atom. The zero-order valence-corrected chi connectivity index (χ0v) is 11.4. The van der Waals surface area contributed by atoms with Gasteiger partial charge in [-0.1, -0.05) is 0 Å². The molecule has 0 radical (unpaired) electrons. The van der Waals surface area contributed by atoms with Crippen molar-refractivity contribution in [1.29, 1.82) is 0 Å². The number of nitrogen functional groups attached to an aromatic ring is 1. The molecule has 3 heterocycles. The molecule has 7 nitrogen and oxygen atoms in total. The monoisotopic (exact) mass is 275 g/mol. The number of hydrogen-bond donors (Lipinski definition) is 2. The van der Waals surface area contributed by atoms with Crippen molar-refractivity contribution >= 4 is 34.3 Å². The lowest BCUT2D eigenvalue weighted by Gasteiger charge is -2.17. The van der Waals surface area contributed by atoms with Crippen molar-refractivity contribution in [2.45, 2.75) is 13.5 Å². The number of H-pyrrole nitrogens is 1. The molecule has 0 aliphatic carbocycles. The molecule has 0 bridgehead atoms. The van der Waals surface area contributed by atoms with Crippen LogP contribution < -0.4 is 10.6 Å². The highest BCUT2D eigenvalue weighted by Crippen LogP contribution is 2.22. The summed E-state index contributed by atoms with van der Waals surface area (Å²) in [6.07, 6.45) is 1.59. The van der Waals surface area contributed by atoms with Gasteiger partial charge in [0.25, 0.3) is 0 Å². The van der Waals surface area contributed by atoms with Gasteiger partial charge in [0.15, 0.2) is 11.5 Å². The minimum atomic E-state index is 0.219. The number of hydrogen-bond acceptors (Lipinski definition) is 7. The number of nitrogens with zero attached hydrogens (tertiary/aromatic N) is 5. The largest absolute Gasteiger partial charge is 0.368 e. The van der Waals surface area contributed by atoms with Crippen LogP contribution >= 0.6 is 11.3 Å². The number of thiazole rings is 1. The number of nitrogens with one attached hydrogen (secondary N) is 1. The van der Waals surface area contributed by atoms with Gasteiger partial charge in [-0.15, -0.1) is 11.3 Å². The first-order chi connectivity index (χ1) is 9.13. The molecular weight excluding hydrogens is 262 g/mol. The van der Waals surface area contributed by atoms with Crippen LogP contribution in [0, 0.1) is 6.92 Å². The fraction of sp³-hybridized carbons (Fsp3) is 0.273. The molecule has 3 rings (SSSR count). The molecule has 0 aromatic carbocycles. The first kappa shape index (κ1) is 11.8. The minimum Gasteiger partial charge on any atom is -0.368 e. The molecule has 0 spiro atoms. The van der Waals surface area contributed by atoms with Crippen LogP contribution in [0.4, 0.5) is 11.8 Å². The molecular formula is C11H13N7S. The molecule has 19 heavy (non-hydrogen) atoms. The van der Waals surface area contributed by atoms with Crippen molar-refractivity contribution < 1.29 is 0 Å². The Labute approximate surface area is 113 Å². The van der Waals surface area contributed by atoms with Crippen molar-refractivity contribution in [3.63, 3.8) is 0 Å². The molecule has 0 fully saturated rings. The maximum Gasteiger partial charge on any atom is 0.224 e. The van der Waals surface area contributed by atoms with Crippen LogP contribution in [-0.4, -0.2) is 32.0 Å². The second-order valence-electron chi connectivity index (χ2n) is 4.25. The van der Waals surface area contributed by atoms with Crippen molar-refractivity contribution in [3.8, 4) is 0 Å². The lowest BCUT2D eigenvalue weighted by Crippen LogP contribution is -2.19. The molecule has 0 amide bonds. The van der Waals surface area contributed by atoms with Crippen LogP contribution in [0.15, 0.2) is 11.7 Å². The van der Waals surface area contributed by atoms with E-state index in [1.54, 1.807) is 17.7 Å². The first-order valence-electron chi connectivity index (χ1n) is 5.72. The highest BCUT2D eigenvalue weighted by molar-refractivity contribution is 7.09. The molecule has 0 atom stereocenters. The summed E-state index contributed by atoms with van der Waals surface area (Å²) in [6, 6.07) is 0. The molecule has 0 aliphatic rings. The summed E-state index contributed by atoms with van der Waals surface area (Å²) in [5.41, 5.74) is 8.09. The highest BCUT2D eigenvalue weighted by atomic mass is 32.1. The molecule has 3 N–H and O–H groups in total. The Hall–Kier alpha value is -2.22. The van der Waals surface area contributed by atoms with Crippen molar-refractivity contribution in [2.24, 2.45) is 0 Å². The molecule has 0 unspecified atom stereocenters. The SMILES string of the molecule is Cc1csc(CN(C)c2nc(N)nc3nc[nH]c23)n1. The average molecular weight is 275 g/mol. The maximum absolute atomic E-state index is 5.70. The standard InChI is InChI=1S/C11H13N7S/c1-6-4-19-7(15-6)3-18(2)10-8-9(14-5-13-8)16-11(12)17-10/h4-5H,3H2,1-2H3,(H3,12,13,14,16,17). The Balaban J connectivity index is 1.96. The fourth-order valence-corrected chi connectivity index (χ4v) is 2.69. The normalized spacial score (nSPS) is 11.1. The van der Waals surface area contributed by atoms with Gasteiger partial charge in [-0.3, -0.25) is 0 Å². The maximum atomic E-state index is 5.70. The summed E-state index contributed by atoms with van der Waals surface area (Å²) in [4.78, 5) is 21.9. The second kappa shape index (κ2) is 4.47. The van der Waals surface area contributed by atoms with Gasteiger partial charge >= 0.3 is 0 Å². The number of rotatable bonds is 3. The van der Waals surface area contributed by atoms with Gasteiger partial charge in [-0.2, -0.15) is 9.97 Å². The summed E-state index contributed by atoms with van der Waals surface area (Å²) in [7, 11) is 1.94. The van der Waals surface area contributed by atoms with E-state index in [9.17, 15) is 0 Å². The molecule has 3 aromatic heterocycles. The fourth-order valence-electron chi connectivity index (χ4n) is 1.86. The molecule has 0 saturated heterocycles. The van der Waals surface area contributed by atoms with Crippen LogP contribution in [0.5, 0.6) is 0 Å². The highest BCUT2D eigenvalue weighted by Gasteiger charge is 2.13. The van der Waals surface area contributed by atoms with Gasteiger partial charge in [0, 0.05) is 18.1 Å². The van der Waals surface area contributed by atoms with Crippen molar-refractivity contribution in [2.75, 3.05) is 17.7 Å². The van der Waals surface area contributed by atoms with E-state index in [0.717, 1.165) is 22.0 Å². The minimum absolute atomic E-state index is 0.219. The van der Waals surface area contributed by atoms with Gasteiger partial charge in [0.1, 0.15) is 10.5 Å². The smallest absolute Gasteiger partial charge is 0.224 e. The van der Waals surface area contributed by atoms with Crippen molar-refractivity contribution in [3.05, 3.63) is 22.4 Å². The molecule has 3 aromatic rings. The number of imidazole rings is 1. The molecule has 8 heteroatoms. The molecule has 0 aliphatic heterocycles. The number of nitrogens with two attached hydrogens (primary N) is 1. The quantitative estimate of drug-likeness (QED) is 0.748. The third-order valence-corrected chi connectivity index (χ3v) is 3.64. The lowest BCUT2D eigenvalue weighted by atomic mass is 10.4. The number of fused-ring (bicyclic) bond motifs is 1. The Bertz CT molecular complexity index is 717. The third kappa shape index (κ3) is 2.22. The third-order valence-electron chi connectivity index (χ3n) is 2.68. The zero-order chi connectivity index (χ0) is 13.4. The van der Waals surface area contributed by atoms with Crippen LogP contribution in [0.3, 0.4) is 0 Å². The van der Waals surface area contributed by atoms with E-state index in [2.05, 4.69) is 24.9 Å². The molecule has 0 saturated carbocycles. The second-order valence-corrected chi connectivity index (χ2v) is 5.19. The number of aryl methyl sites for hydroxylation is 1. The van der Waals surface area contributed by atoms with Gasteiger partial charge < -0.3 is 15.6 Å². The van der Waals surface area contributed by atoms with E-state index >= 15 is 0 Å². The number of anilines is 2. The number of aromatic nitrogens is 5. The van der Waals surface area contributed by atoms with Crippen LogP contribution in [0.25, 0.3) is 11.2 Å². The van der Waals surface area contributed by atoms with E-state index in [-0.39, 0.29) is 5.95 Å². The summed E-state index contributed by atoms with van der Waals surface area (Å²) in [5.74, 6) is 0.949. The Morgan fingerprint density at radius 1 is 1.37 bits per heavy atom. The Morgan fingerprint density at radius 3 is 2.95 bits per heavy atom. The Kier molecular flexibility index (Phi) is 2.79. The van der Waals surface area contributed by atoms with Gasteiger partial charge in [-0.25, -0.2) is 9.97 Å². The predicted molar refractivity (Wildman–Crippen MR) is 75.1 cm³/mol. The van der Waals surface area contributed by atoms with Gasteiger partial charge in [-0.05, 0) is 6.92 Å². The summed E-state index contributed by atoms with van der Waals surface area (Å²) in [5, 5.41) is 3.06. The van der Waals surface area contributed by atoms with E-state index in [4.69, 9.17) is 5.73 Å². The topological polar surface area (TPSA) is 96.6 Å². The van der Waals surface area contributed by atoms with E-state index < -0.39 is 0 Å². The summed E-state index contributed by atoms with van der Waals surface area (Å²) < 4.78 is 0. The van der Waals surface area contributed by atoms with Crippen molar-refractivity contribution in [1.82, 2.24) is 24.9 Å².